The van der Waals surface area contributed by atoms with Gasteiger partial charge in [0.25, 0.3) is 11.8 Å². The molecule has 2 amide bonds. The molecule has 3 rings (SSSR count). The van der Waals surface area contributed by atoms with Crippen molar-refractivity contribution in [1.29, 1.82) is 0 Å². The monoisotopic (exact) mass is 352 g/mol. The van der Waals surface area contributed by atoms with Crippen LogP contribution in [0, 0.1) is 0 Å². The molecule has 1 aromatic carbocycles. The Morgan fingerprint density at radius 1 is 1.00 bits per heavy atom. The van der Waals surface area contributed by atoms with E-state index in [-0.39, 0.29) is 11.8 Å². The van der Waals surface area contributed by atoms with E-state index in [0.29, 0.717) is 35.9 Å². The summed E-state index contributed by atoms with van der Waals surface area (Å²) in [7, 11) is 0. The summed E-state index contributed by atoms with van der Waals surface area (Å²) in [4.78, 5) is 24.6. The minimum absolute atomic E-state index is 0.255. The fourth-order valence-electron chi connectivity index (χ4n) is 2.50. The van der Waals surface area contributed by atoms with E-state index in [9.17, 15) is 9.59 Å². The van der Waals surface area contributed by atoms with Gasteiger partial charge in [0.05, 0.1) is 0 Å². The van der Waals surface area contributed by atoms with Gasteiger partial charge in [-0.2, -0.15) is 10.2 Å². The Morgan fingerprint density at radius 3 is 2.38 bits per heavy atom. The maximum absolute atomic E-state index is 12.4. The van der Waals surface area contributed by atoms with Crippen molar-refractivity contribution >= 4 is 23.2 Å². The van der Waals surface area contributed by atoms with Gasteiger partial charge in [-0.1, -0.05) is 6.07 Å². The van der Waals surface area contributed by atoms with E-state index >= 15 is 0 Å². The predicted octanol–water partition coefficient (Wildman–Crippen LogP) is 2.62. The molecule has 0 saturated carbocycles. The van der Waals surface area contributed by atoms with Crippen LogP contribution in [0.4, 0.5) is 11.4 Å². The second kappa shape index (κ2) is 7.64. The Bertz CT molecular complexity index is 927. The van der Waals surface area contributed by atoms with Crippen molar-refractivity contribution in [1.82, 2.24) is 19.6 Å². The van der Waals surface area contributed by atoms with Gasteiger partial charge >= 0.3 is 0 Å². The molecular formula is C18H20N6O2. The van der Waals surface area contributed by atoms with Crippen LogP contribution in [0.15, 0.2) is 48.8 Å². The summed E-state index contributed by atoms with van der Waals surface area (Å²) in [5, 5.41) is 13.9. The molecule has 2 aromatic heterocycles. The number of nitrogens with one attached hydrogen (secondary N) is 2. The maximum atomic E-state index is 12.4. The number of aryl methyl sites for hydroxylation is 2. The Kier molecular flexibility index (Phi) is 5.12. The zero-order valence-corrected chi connectivity index (χ0v) is 14.6. The van der Waals surface area contributed by atoms with Crippen molar-refractivity contribution in [3.63, 3.8) is 0 Å². The van der Waals surface area contributed by atoms with Gasteiger partial charge in [0.2, 0.25) is 0 Å². The molecule has 3 aromatic rings. The molecule has 134 valence electrons. The molecule has 0 spiro atoms. The number of amides is 2. The molecule has 0 bridgehead atoms. The van der Waals surface area contributed by atoms with Crippen molar-refractivity contribution in [2.75, 3.05) is 10.6 Å². The number of nitrogens with zero attached hydrogens (tertiary/aromatic N) is 4. The lowest BCUT2D eigenvalue weighted by Gasteiger charge is -2.09. The normalized spacial score (nSPS) is 10.5. The lowest BCUT2D eigenvalue weighted by atomic mass is 10.2. The van der Waals surface area contributed by atoms with E-state index < -0.39 is 0 Å². The third kappa shape index (κ3) is 3.80. The summed E-state index contributed by atoms with van der Waals surface area (Å²) in [6.45, 7) is 5.17. The predicted molar refractivity (Wildman–Crippen MR) is 98.2 cm³/mol. The minimum Gasteiger partial charge on any atom is -0.321 e. The van der Waals surface area contributed by atoms with Gasteiger partial charge in [-0.25, -0.2) is 0 Å². The second-order valence-electron chi connectivity index (χ2n) is 5.58. The number of aromatic nitrogens is 4. The van der Waals surface area contributed by atoms with Gasteiger partial charge in [-0.15, -0.1) is 0 Å². The zero-order chi connectivity index (χ0) is 18.5. The molecule has 0 fully saturated rings. The first-order chi connectivity index (χ1) is 12.6. The Balaban J connectivity index is 1.70. The second-order valence-corrected chi connectivity index (χ2v) is 5.58. The molecule has 0 radical (unpaired) electrons. The highest BCUT2D eigenvalue weighted by atomic mass is 16.2. The average molecular weight is 352 g/mol. The van der Waals surface area contributed by atoms with Crippen LogP contribution in [0.5, 0.6) is 0 Å². The largest absolute Gasteiger partial charge is 0.321 e. The molecule has 0 atom stereocenters. The molecule has 8 heteroatoms. The molecule has 0 aliphatic carbocycles. The fraction of sp³-hybridized carbons (Fsp3) is 0.222. The Hall–Kier alpha value is -3.42. The summed E-state index contributed by atoms with van der Waals surface area (Å²) >= 11 is 0. The van der Waals surface area contributed by atoms with E-state index in [1.54, 1.807) is 58.2 Å². The van der Waals surface area contributed by atoms with Gasteiger partial charge in [-0.05, 0) is 44.2 Å². The van der Waals surface area contributed by atoms with E-state index in [1.807, 2.05) is 13.8 Å². The minimum atomic E-state index is -0.301. The fourth-order valence-corrected chi connectivity index (χ4v) is 2.50. The third-order valence-electron chi connectivity index (χ3n) is 3.82. The third-order valence-corrected chi connectivity index (χ3v) is 3.82. The lowest BCUT2D eigenvalue weighted by Crippen LogP contribution is -2.18. The van der Waals surface area contributed by atoms with Crippen LogP contribution in [-0.4, -0.2) is 31.4 Å². The highest BCUT2D eigenvalue weighted by Crippen LogP contribution is 2.17. The van der Waals surface area contributed by atoms with Crippen LogP contribution in [-0.2, 0) is 13.1 Å². The molecule has 26 heavy (non-hydrogen) atoms. The van der Waals surface area contributed by atoms with Crippen molar-refractivity contribution < 1.29 is 9.59 Å². The molecule has 8 nitrogen and oxygen atoms in total. The van der Waals surface area contributed by atoms with Crippen LogP contribution in [0.2, 0.25) is 0 Å². The van der Waals surface area contributed by atoms with Crippen molar-refractivity contribution in [2.24, 2.45) is 0 Å². The van der Waals surface area contributed by atoms with Crippen molar-refractivity contribution in [2.45, 2.75) is 26.9 Å². The van der Waals surface area contributed by atoms with Crippen molar-refractivity contribution in [3.8, 4) is 0 Å². The number of rotatable bonds is 6. The average Bonchev–Trinajstić information content (AvgIpc) is 3.31. The number of hydrogen-bond acceptors (Lipinski definition) is 4. The van der Waals surface area contributed by atoms with Crippen molar-refractivity contribution in [3.05, 3.63) is 60.2 Å². The maximum Gasteiger partial charge on any atom is 0.276 e. The summed E-state index contributed by atoms with van der Waals surface area (Å²) in [6, 6.07) is 10.3. The first kappa shape index (κ1) is 17.4. The van der Waals surface area contributed by atoms with E-state index in [4.69, 9.17) is 0 Å². The van der Waals surface area contributed by atoms with Gasteiger partial charge < -0.3 is 10.6 Å². The van der Waals surface area contributed by atoms with E-state index in [0.717, 1.165) is 0 Å². The number of carbonyl (C=O) groups excluding carboxylic acids is 2. The summed E-state index contributed by atoms with van der Waals surface area (Å²) in [5.74, 6) is -0.556. The standard InChI is InChI=1S/C18H20N6O2/c1-3-23-11-9-15(22-23)17(25)20-13-6-5-7-14(12-13)21-18(26)16-8-10-19-24(16)4-2/h5-12H,3-4H2,1-2H3,(H,20,25)(H,21,26). The molecule has 0 saturated heterocycles. The zero-order valence-electron chi connectivity index (χ0n) is 14.6. The topological polar surface area (TPSA) is 93.8 Å². The number of hydrogen-bond donors (Lipinski definition) is 2. The number of benzene rings is 1. The first-order valence-corrected chi connectivity index (χ1v) is 8.38. The van der Waals surface area contributed by atoms with E-state index in [1.165, 1.54) is 0 Å². The van der Waals surface area contributed by atoms with Gasteiger partial charge in [0, 0.05) is 36.9 Å². The molecule has 0 aliphatic heterocycles. The summed E-state index contributed by atoms with van der Waals surface area (Å²) < 4.78 is 3.30. The number of carbonyl (C=O) groups is 2. The molecule has 2 N–H and O–H groups in total. The van der Waals surface area contributed by atoms with Crippen LogP contribution < -0.4 is 10.6 Å². The molecule has 2 heterocycles. The van der Waals surface area contributed by atoms with Crippen LogP contribution in [0.25, 0.3) is 0 Å². The highest BCUT2D eigenvalue weighted by molar-refractivity contribution is 6.05. The van der Waals surface area contributed by atoms with Crippen LogP contribution >= 0.6 is 0 Å². The van der Waals surface area contributed by atoms with Gasteiger partial charge in [0.1, 0.15) is 5.69 Å². The molecular weight excluding hydrogens is 332 g/mol. The van der Waals surface area contributed by atoms with Crippen LogP contribution in [0.1, 0.15) is 34.8 Å². The number of anilines is 2. The van der Waals surface area contributed by atoms with Crippen LogP contribution in [0.3, 0.4) is 0 Å². The smallest absolute Gasteiger partial charge is 0.276 e. The van der Waals surface area contributed by atoms with Gasteiger partial charge in [0.15, 0.2) is 5.69 Å². The molecule has 0 unspecified atom stereocenters. The Morgan fingerprint density at radius 2 is 1.73 bits per heavy atom. The molecule has 0 aliphatic rings. The summed E-state index contributed by atoms with van der Waals surface area (Å²) in [5.41, 5.74) is 1.97. The van der Waals surface area contributed by atoms with Gasteiger partial charge in [-0.3, -0.25) is 19.0 Å². The lowest BCUT2D eigenvalue weighted by molar-refractivity contribution is 0.101. The Labute approximate surface area is 150 Å². The van der Waals surface area contributed by atoms with E-state index in [2.05, 4.69) is 20.8 Å². The SMILES string of the molecule is CCn1ccc(C(=O)Nc2cccc(NC(=O)c3ccnn3CC)c2)n1. The summed E-state index contributed by atoms with van der Waals surface area (Å²) in [6.07, 6.45) is 3.34. The quantitative estimate of drug-likeness (QED) is 0.713. The highest BCUT2D eigenvalue weighted by Gasteiger charge is 2.13. The first-order valence-electron chi connectivity index (χ1n) is 8.38.